The molecule has 290 valence electrons. The van der Waals surface area contributed by atoms with E-state index in [0.717, 1.165) is 42.1 Å². The summed E-state index contributed by atoms with van der Waals surface area (Å²) in [6.07, 6.45) is 0. The molecule has 4 aliphatic rings. The Morgan fingerprint density at radius 2 is 0.387 bits per heavy atom. The normalized spacial score (nSPS) is 16.4. The van der Waals surface area contributed by atoms with E-state index in [1.54, 1.807) is 72.8 Å². The molecule has 14 rings (SSSR count). The number of amides is 8. The zero-order valence-corrected chi connectivity index (χ0v) is 32.3. The highest BCUT2D eigenvalue weighted by Crippen LogP contribution is 2.49. The molecule has 12 heteroatoms. The Bertz CT molecular complexity index is 3590. The predicted molar refractivity (Wildman–Crippen MR) is 229 cm³/mol. The minimum absolute atomic E-state index is 0.123. The summed E-state index contributed by atoms with van der Waals surface area (Å²) in [5.41, 5.74) is 2.12. The Labute approximate surface area is 346 Å². The van der Waals surface area contributed by atoms with E-state index in [-0.39, 0.29) is 22.3 Å². The third-order valence-corrected chi connectivity index (χ3v) is 13.8. The zero-order chi connectivity index (χ0) is 42.1. The SMILES string of the molecule is CN1C(=O)c2ccc3c4ccc5c6c(ccc(c7ccc(c2c37)C1=O)c64)C(=O)N(N1C(=O)c2ccc3c4ccc6c7c(ccc(c8ccc(c2c38)C1=O)c74)C(=O)N(C)C6=O)C5=O. The molecule has 0 atom stereocenters. The van der Waals surface area contributed by atoms with Crippen molar-refractivity contribution in [3.8, 4) is 0 Å². The Balaban J connectivity index is 0.946. The fourth-order valence-electron chi connectivity index (χ4n) is 11.1. The third-order valence-electron chi connectivity index (χ3n) is 13.8. The van der Waals surface area contributed by atoms with E-state index in [4.69, 9.17) is 0 Å². The molecule has 8 amide bonds. The second-order valence-corrected chi connectivity index (χ2v) is 16.5. The average molecular weight is 807 g/mol. The van der Waals surface area contributed by atoms with Gasteiger partial charge in [0.1, 0.15) is 0 Å². The van der Waals surface area contributed by atoms with E-state index in [1.165, 1.54) is 14.1 Å². The van der Waals surface area contributed by atoms with Gasteiger partial charge in [-0.25, -0.2) is 0 Å². The number of rotatable bonds is 1. The Morgan fingerprint density at radius 1 is 0.226 bits per heavy atom. The topological polar surface area (TPSA) is 150 Å². The first kappa shape index (κ1) is 33.2. The van der Waals surface area contributed by atoms with Crippen molar-refractivity contribution in [2.75, 3.05) is 14.1 Å². The molecule has 10 aromatic carbocycles. The molecule has 4 heterocycles. The minimum atomic E-state index is -0.847. The Hall–Kier alpha value is -8.64. The maximum atomic E-state index is 14.7. The van der Waals surface area contributed by atoms with Gasteiger partial charge in [-0.15, -0.1) is 0 Å². The molecule has 0 saturated carbocycles. The number of imide groups is 4. The van der Waals surface area contributed by atoms with Gasteiger partial charge in [0, 0.05) is 57.9 Å². The van der Waals surface area contributed by atoms with Gasteiger partial charge in [-0.1, -0.05) is 48.5 Å². The van der Waals surface area contributed by atoms with Crippen molar-refractivity contribution in [1.29, 1.82) is 0 Å². The van der Waals surface area contributed by atoms with Crippen LogP contribution in [0.1, 0.15) is 82.9 Å². The molecule has 0 radical (unpaired) electrons. The Kier molecular flexibility index (Phi) is 5.56. The van der Waals surface area contributed by atoms with Crippen LogP contribution in [0, 0.1) is 0 Å². The summed E-state index contributed by atoms with van der Waals surface area (Å²) in [6, 6.07) is 27.5. The summed E-state index contributed by atoms with van der Waals surface area (Å²) in [7, 11) is 2.91. The van der Waals surface area contributed by atoms with Crippen molar-refractivity contribution in [2.45, 2.75) is 0 Å². The monoisotopic (exact) mass is 806 g/mol. The van der Waals surface area contributed by atoms with Gasteiger partial charge in [-0.05, 0) is 113 Å². The highest BCUT2D eigenvalue weighted by Gasteiger charge is 2.46. The molecule has 0 aromatic heterocycles. The van der Waals surface area contributed by atoms with E-state index in [2.05, 4.69) is 0 Å². The van der Waals surface area contributed by atoms with Crippen molar-refractivity contribution in [3.05, 3.63) is 142 Å². The van der Waals surface area contributed by atoms with Gasteiger partial charge in [0.15, 0.2) is 0 Å². The van der Waals surface area contributed by atoms with Crippen LogP contribution in [0.4, 0.5) is 0 Å². The molecule has 0 aliphatic carbocycles. The standard InChI is InChI=1S/C50H22N4O8/c1-51-43(55)27-11-3-19-23-7-15-31-41-32(16-8-24(37(23)41)20-4-12-28(44(51)56)39(27)35(19)20)48(60)53(47(31)59)54-49(61)33-17-9-25-21-5-13-29-40-30(46(58)52(2)45(29)57)14-6-22(36(21)40)26-10-18-34(50(54)62)42(33)38(25)26/h3-18H,1-2H3. The lowest BCUT2D eigenvalue weighted by atomic mass is 9.82. The molecule has 4 aliphatic heterocycles. The van der Waals surface area contributed by atoms with Crippen LogP contribution in [0.15, 0.2) is 97.1 Å². The molecule has 62 heavy (non-hydrogen) atoms. The van der Waals surface area contributed by atoms with Crippen LogP contribution in [0.25, 0.3) is 86.2 Å². The summed E-state index contributed by atoms with van der Waals surface area (Å²) >= 11 is 0. The Morgan fingerprint density at radius 3 is 0.565 bits per heavy atom. The maximum absolute atomic E-state index is 14.7. The number of hydrogen-bond donors (Lipinski definition) is 0. The first-order valence-corrected chi connectivity index (χ1v) is 19.8. The van der Waals surface area contributed by atoms with Gasteiger partial charge in [0.2, 0.25) is 0 Å². The van der Waals surface area contributed by atoms with Crippen LogP contribution in [-0.4, -0.2) is 81.2 Å². The fraction of sp³-hybridized carbons (Fsp3) is 0.0400. The summed E-state index contributed by atoms with van der Waals surface area (Å²) < 4.78 is 0. The van der Waals surface area contributed by atoms with Crippen LogP contribution < -0.4 is 0 Å². The van der Waals surface area contributed by atoms with E-state index in [9.17, 15) is 38.4 Å². The summed E-state index contributed by atoms with van der Waals surface area (Å²) in [5.74, 6) is -5.00. The lowest BCUT2D eigenvalue weighted by Gasteiger charge is -2.37. The molecule has 0 N–H and O–H groups in total. The first-order chi connectivity index (χ1) is 30.0. The smallest absolute Gasteiger partial charge is 0.277 e. The number of benzene rings is 10. The molecular formula is C50H22N4O8. The zero-order valence-electron chi connectivity index (χ0n) is 32.3. The molecule has 0 bridgehead atoms. The van der Waals surface area contributed by atoms with Gasteiger partial charge in [0.25, 0.3) is 47.3 Å². The van der Waals surface area contributed by atoms with Crippen LogP contribution >= 0.6 is 0 Å². The van der Waals surface area contributed by atoms with Gasteiger partial charge in [-0.3, -0.25) is 48.2 Å². The largest absolute Gasteiger partial charge is 0.281 e. The average Bonchev–Trinajstić information content (AvgIpc) is 3.29. The van der Waals surface area contributed by atoms with Crippen LogP contribution in [-0.2, 0) is 0 Å². The number of carbonyl (C=O) groups excluding carboxylic acids is 8. The second kappa shape index (κ2) is 10.4. The van der Waals surface area contributed by atoms with Gasteiger partial charge in [-0.2, -0.15) is 10.0 Å². The number of hydrogen-bond acceptors (Lipinski definition) is 8. The van der Waals surface area contributed by atoms with Crippen LogP contribution in [0.3, 0.4) is 0 Å². The maximum Gasteiger partial charge on any atom is 0.281 e. The van der Waals surface area contributed by atoms with E-state index >= 15 is 0 Å². The van der Waals surface area contributed by atoms with Crippen molar-refractivity contribution in [3.63, 3.8) is 0 Å². The number of fused-ring (bicyclic) bond motifs is 4. The summed E-state index contributed by atoms with van der Waals surface area (Å²) in [6.45, 7) is 0. The van der Waals surface area contributed by atoms with Crippen molar-refractivity contribution in [2.24, 2.45) is 0 Å². The third kappa shape index (κ3) is 3.41. The van der Waals surface area contributed by atoms with E-state index in [0.29, 0.717) is 86.1 Å². The second-order valence-electron chi connectivity index (χ2n) is 16.5. The quantitative estimate of drug-likeness (QED) is 0.0919. The summed E-state index contributed by atoms with van der Waals surface area (Å²) in [4.78, 5) is 114. The number of nitrogens with zero attached hydrogens (tertiary/aromatic N) is 4. The molecular weight excluding hydrogens is 785 g/mol. The number of carbonyl (C=O) groups is 8. The van der Waals surface area contributed by atoms with Gasteiger partial charge >= 0.3 is 0 Å². The lowest BCUT2D eigenvalue weighted by Crippen LogP contribution is -2.58. The molecule has 10 aromatic rings. The van der Waals surface area contributed by atoms with Crippen molar-refractivity contribution >= 4 is 133 Å². The van der Waals surface area contributed by atoms with Gasteiger partial charge in [0.05, 0.1) is 22.3 Å². The van der Waals surface area contributed by atoms with Crippen molar-refractivity contribution < 1.29 is 38.4 Å². The molecule has 0 unspecified atom stereocenters. The first-order valence-electron chi connectivity index (χ1n) is 19.8. The molecule has 12 nitrogen and oxygen atoms in total. The summed E-state index contributed by atoms with van der Waals surface area (Å²) in [5, 5.41) is 11.6. The highest BCUT2D eigenvalue weighted by atomic mass is 16.2. The predicted octanol–water partition coefficient (Wildman–Crippen LogP) is 8.05. The van der Waals surface area contributed by atoms with Crippen LogP contribution in [0.5, 0.6) is 0 Å². The van der Waals surface area contributed by atoms with Crippen LogP contribution in [0.2, 0.25) is 0 Å². The fourth-order valence-corrected chi connectivity index (χ4v) is 11.1. The molecule has 0 spiro atoms. The lowest BCUT2D eigenvalue weighted by molar-refractivity contribution is 0.00213. The van der Waals surface area contributed by atoms with E-state index in [1.807, 2.05) is 24.3 Å². The van der Waals surface area contributed by atoms with Crippen molar-refractivity contribution in [1.82, 2.24) is 19.8 Å². The molecule has 0 saturated heterocycles. The molecule has 0 fully saturated rings. The van der Waals surface area contributed by atoms with Gasteiger partial charge < -0.3 is 0 Å². The number of hydrazine groups is 1. The highest BCUT2D eigenvalue weighted by molar-refractivity contribution is 6.44. The minimum Gasteiger partial charge on any atom is -0.277 e. The van der Waals surface area contributed by atoms with E-state index < -0.39 is 47.3 Å².